The zero-order valence-electron chi connectivity index (χ0n) is 11.2. The Labute approximate surface area is 104 Å². The fourth-order valence-electron chi connectivity index (χ4n) is 2.52. The highest BCUT2D eigenvalue weighted by Gasteiger charge is 2.22. The summed E-state index contributed by atoms with van der Waals surface area (Å²) in [6.45, 7) is 7.79. The summed E-state index contributed by atoms with van der Waals surface area (Å²) < 4.78 is 1.96. The number of rotatable bonds is 4. The number of aromatic nitrogens is 2. The zero-order valence-corrected chi connectivity index (χ0v) is 11.2. The van der Waals surface area contributed by atoms with Gasteiger partial charge in [-0.05, 0) is 52.7 Å². The Balaban J connectivity index is 1.85. The molecule has 1 aliphatic heterocycles. The van der Waals surface area contributed by atoms with Crippen molar-refractivity contribution in [1.29, 1.82) is 0 Å². The SMILES string of the molecule is CCn1cc(NC(C)C2CCN(C)CC2)cn1. The van der Waals surface area contributed by atoms with Crippen molar-refractivity contribution in [2.24, 2.45) is 5.92 Å². The van der Waals surface area contributed by atoms with Crippen LogP contribution in [0.4, 0.5) is 5.69 Å². The van der Waals surface area contributed by atoms with Crippen molar-refractivity contribution in [2.45, 2.75) is 39.3 Å². The van der Waals surface area contributed by atoms with Crippen LogP contribution in [0.25, 0.3) is 0 Å². The number of nitrogens with zero attached hydrogens (tertiary/aromatic N) is 3. The Bertz CT molecular complexity index is 339. The molecule has 1 atom stereocenters. The van der Waals surface area contributed by atoms with Crippen LogP contribution in [0, 0.1) is 5.92 Å². The second-order valence-electron chi connectivity index (χ2n) is 5.16. The molecule has 1 saturated heterocycles. The van der Waals surface area contributed by atoms with Crippen LogP contribution in [0.2, 0.25) is 0 Å². The molecule has 0 radical (unpaired) electrons. The van der Waals surface area contributed by atoms with Gasteiger partial charge in [0.15, 0.2) is 0 Å². The summed E-state index contributed by atoms with van der Waals surface area (Å²) in [7, 11) is 2.21. The molecule has 0 bridgehead atoms. The molecule has 0 aromatic carbocycles. The number of hydrogen-bond acceptors (Lipinski definition) is 3. The van der Waals surface area contributed by atoms with E-state index in [1.54, 1.807) is 0 Å². The van der Waals surface area contributed by atoms with Crippen LogP contribution in [0.1, 0.15) is 26.7 Å². The van der Waals surface area contributed by atoms with E-state index in [0.29, 0.717) is 6.04 Å². The number of aryl methyl sites for hydroxylation is 1. The molecular formula is C13H24N4. The maximum Gasteiger partial charge on any atom is 0.0728 e. The maximum atomic E-state index is 4.29. The van der Waals surface area contributed by atoms with E-state index in [-0.39, 0.29) is 0 Å². The van der Waals surface area contributed by atoms with Crippen molar-refractivity contribution in [1.82, 2.24) is 14.7 Å². The topological polar surface area (TPSA) is 33.1 Å². The minimum atomic E-state index is 0.540. The van der Waals surface area contributed by atoms with Crippen molar-refractivity contribution in [3.8, 4) is 0 Å². The van der Waals surface area contributed by atoms with E-state index in [0.717, 1.165) is 18.2 Å². The van der Waals surface area contributed by atoms with Crippen molar-refractivity contribution >= 4 is 5.69 Å². The third-order valence-corrected chi connectivity index (χ3v) is 3.82. The first-order valence-electron chi connectivity index (χ1n) is 6.66. The van der Waals surface area contributed by atoms with E-state index in [1.165, 1.54) is 25.9 Å². The minimum Gasteiger partial charge on any atom is -0.380 e. The average molecular weight is 236 g/mol. The summed E-state index contributed by atoms with van der Waals surface area (Å²) in [5, 5.41) is 7.87. The van der Waals surface area contributed by atoms with Gasteiger partial charge in [0.2, 0.25) is 0 Å². The molecule has 4 nitrogen and oxygen atoms in total. The van der Waals surface area contributed by atoms with Crippen molar-refractivity contribution in [2.75, 3.05) is 25.5 Å². The van der Waals surface area contributed by atoms with Gasteiger partial charge in [-0.1, -0.05) is 0 Å². The van der Waals surface area contributed by atoms with Crippen LogP contribution in [0.5, 0.6) is 0 Å². The van der Waals surface area contributed by atoms with Crippen molar-refractivity contribution in [3.63, 3.8) is 0 Å². The highest BCUT2D eigenvalue weighted by Crippen LogP contribution is 2.22. The first-order chi connectivity index (χ1) is 8.19. The van der Waals surface area contributed by atoms with Crippen LogP contribution in [-0.2, 0) is 6.54 Å². The second-order valence-corrected chi connectivity index (χ2v) is 5.16. The molecule has 1 aromatic rings. The van der Waals surface area contributed by atoms with Crippen LogP contribution >= 0.6 is 0 Å². The lowest BCUT2D eigenvalue weighted by Crippen LogP contribution is -2.37. The fourth-order valence-corrected chi connectivity index (χ4v) is 2.52. The number of anilines is 1. The number of piperidine rings is 1. The summed E-state index contributed by atoms with van der Waals surface area (Å²) in [5.74, 6) is 0.788. The van der Waals surface area contributed by atoms with Crippen LogP contribution < -0.4 is 5.32 Å². The van der Waals surface area contributed by atoms with Gasteiger partial charge in [-0.3, -0.25) is 4.68 Å². The molecule has 1 aromatic heterocycles. The van der Waals surface area contributed by atoms with E-state index < -0.39 is 0 Å². The number of likely N-dealkylation sites (tertiary alicyclic amines) is 1. The normalized spacial score (nSPS) is 20.4. The Kier molecular flexibility index (Phi) is 4.05. The van der Waals surface area contributed by atoms with E-state index in [9.17, 15) is 0 Å². The first-order valence-corrected chi connectivity index (χ1v) is 6.66. The molecule has 0 aliphatic carbocycles. The van der Waals surface area contributed by atoms with Gasteiger partial charge in [-0.15, -0.1) is 0 Å². The highest BCUT2D eigenvalue weighted by atomic mass is 15.3. The molecular weight excluding hydrogens is 212 g/mol. The molecule has 4 heteroatoms. The molecule has 96 valence electrons. The Hall–Kier alpha value is -1.03. The molecule has 2 heterocycles. The van der Waals surface area contributed by atoms with Crippen molar-refractivity contribution < 1.29 is 0 Å². The van der Waals surface area contributed by atoms with Crippen LogP contribution in [-0.4, -0.2) is 40.9 Å². The molecule has 0 amide bonds. The highest BCUT2D eigenvalue weighted by molar-refractivity contribution is 5.39. The Morgan fingerprint density at radius 1 is 1.47 bits per heavy atom. The summed E-state index contributed by atoms with van der Waals surface area (Å²) >= 11 is 0. The first kappa shape index (κ1) is 12.4. The monoisotopic (exact) mass is 236 g/mol. The smallest absolute Gasteiger partial charge is 0.0728 e. The van der Waals surface area contributed by atoms with Crippen LogP contribution in [0.3, 0.4) is 0 Å². The van der Waals surface area contributed by atoms with Gasteiger partial charge in [-0.25, -0.2) is 0 Å². The van der Waals surface area contributed by atoms with Gasteiger partial charge < -0.3 is 10.2 Å². The quantitative estimate of drug-likeness (QED) is 0.868. The standard InChI is InChI=1S/C13H24N4/c1-4-17-10-13(9-14-17)15-11(2)12-5-7-16(3)8-6-12/h9-12,15H,4-8H2,1-3H3. The molecule has 2 rings (SSSR count). The van der Waals surface area contributed by atoms with E-state index in [1.807, 2.05) is 10.9 Å². The number of nitrogens with one attached hydrogen (secondary N) is 1. The Morgan fingerprint density at radius 3 is 2.76 bits per heavy atom. The summed E-state index contributed by atoms with van der Waals surface area (Å²) in [5.41, 5.74) is 1.15. The summed E-state index contributed by atoms with van der Waals surface area (Å²) in [6, 6.07) is 0.540. The van der Waals surface area contributed by atoms with E-state index >= 15 is 0 Å². The lowest BCUT2D eigenvalue weighted by Gasteiger charge is -2.33. The van der Waals surface area contributed by atoms with Gasteiger partial charge >= 0.3 is 0 Å². The van der Waals surface area contributed by atoms with Crippen molar-refractivity contribution in [3.05, 3.63) is 12.4 Å². The second kappa shape index (κ2) is 5.54. The lowest BCUT2D eigenvalue weighted by molar-refractivity contribution is 0.208. The van der Waals surface area contributed by atoms with Gasteiger partial charge in [0.05, 0.1) is 11.9 Å². The van der Waals surface area contributed by atoms with Gasteiger partial charge in [-0.2, -0.15) is 5.10 Å². The molecule has 1 unspecified atom stereocenters. The summed E-state index contributed by atoms with van der Waals surface area (Å²) in [4.78, 5) is 2.42. The molecule has 17 heavy (non-hydrogen) atoms. The third-order valence-electron chi connectivity index (χ3n) is 3.82. The lowest BCUT2D eigenvalue weighted by atomic mass is 9.90. The molecule has 1 aliphatic rings. The molecule has 0 spiro atoms. The average Bonchev–Trinajstić information content (AvgIpc) is 2.77. The van der Waals surface area contributed by atoms with Crippen LogP contribution in [0.15, 0.2) is 12.4 Å². The minimum absolute atomic E-state index is 0.540. The van der Waals surface area contributed by atoms with Gasteiger partial charge in [0.1, 0.15) is 0 Å². The van der Waals surface area contributed by atoms with Gasteiger partial charge in [0.25, 0.3) is 0 Å². The summed E-state index contributed by atoms with van der Waals surface area (Å²) in [6.07, 6.45) is 6.61. The molecule has 1 N–H and O–H groups in total. The predicted octanol–water partition coefficient (Wildman–Crippen LogP) is 2.05. The van der Waals surface area contributed by atoms with E-state index in [4.69, 9.17) is 0 Å². The largest absolute Gasteiger partial charge is 0.380 e. The molecule has 0 saturated carbocycles. The number of hydrogen-bond donors (Lipinski definition) is 1. The Morgan fingerprint density at radius 2 is 2.18 bits per heavy atom. The van der Waals surface area contributed by atoms with Gasteiger partial charge in [0, 0.05) is 18.8 Å². The maximum absolute atomic E-state index is 4.29. The zero-order chi connectivity index (χ0) is 12.3. The predicted molar refractivity (Wildman–Crippen MR) is 71.2 cm³/mol. The third kappa shape index (κ3) is 3.22. The molecule has 1 fully saturated rings. The fraction of sp³-hybridized carbons (Fsp3) is 0.769. The van der Waals surface area contributed by atoms with E-state index in [2.05, 4.69) is 42.4 Å².